The van der Waals surface area contributed by atoms with Crippen LogP contribution in [-0.2, 0) is 11.4 Å². The maximum absolute atomic E-state index is 12.1. The van der Waals surface area contributed by atoms with E-state index in [0.29, 0.717) is 28.7 Å². The molecule has 2 aromatic carbocycles. The Balaban J connectivity index is 2.27. The molecule has 0 unspecified atom stereocenters. The maximum atomic E-state index is 12.1. The van der Waals surface area contributed by atoms with E-state index in [1.165, 1.54) is 13.2 Å². The Morgan fingerprint density at radius 3 is 2.57 bits per heavy atom. The van der Waals surface area contributed by atoms with Crippen LogP contribution < -0.4 is 14.8 Å². The molecule has 0 radical (unpaired) electrons. The highest BCUT2D eigenvalue weighted by atomic mass is 127. The Morgan fingerprint density at radius 2 is 2.00 bits per heavy atom. The molecule has 1 amide bonds. The third-order valence-corrected chi connectivity index (χ3v) is 4.64. The first-order valence-corrected chi connectivity index (χ1v) is 9.97. The van der Waals surface area contributed by atoms with Crippen LogP contribution >= 0.6 is 34.2 Å². The predicted octanol–water partition coefficient (Wildman–Crippen LogP) is 4.96. The zero-order valence-electron chi connectivity index (χ0n) is 15.8. The van der Waals surface area contributed by atoms with E-state index >= 15 is 0 Å². The van der Waals surface area contributed by atoms with Crippen LogP contribution in [0, 0.1) is 14.9 Å². The molecule has 2 aromatic rings. The van der Waals surface area contributed by atoms with Crippen LogP contribution in [0.4, 0.5) is 0 Å². The van der Waals surface area contributed by atoms with E-state index in [2.05, 4.69) is 27.9 Å². The quantitative estimate of drug-likeness (QED) is 0.325. The number of benzene rings is 2. The minimum absolute atomic E-state index is 0.0145. The van der Waals surface area contributed by atoms with Crippen LogP contribution in [0.5, 0.6) is 11.5 Å². The van der Waals surface area contributed by atoms with Gasteiger partial charge < -0.3 is 14.8 Å². The molecule has 0 aliphatic rings. The van der Waals surface area contributed by atoms with E-state index in [9.17, 15) is 10.1 Å². The highest BCUT2D eigenvalue weighted by molar-refractivity contribution is 14.1. The molecule has 28 heavy (non-hydrogen) atoms. The largest absolute Gasteiger partial charge is 0.493 e. The molecule has 0 bridgehead atoms. The maximum Gasteiger partial charge on any atom is 0.262 e. The van der Waals surface area contributed by atoms with Crippen LogP contribution in [0.1, 0.15) is 25.0 Å². The van der Waals surface area contributed by atoms with Gasteiger partial charge in [-0.15, -0.1) is 0 Å². The Hall–Kier alpha value is -2.24. The van der Waals surface area contributed by atoms with Crippen LogP contribution in [0.25, 0.3) is 6.08 Å². The molecule has 0 saturated heterocycles. The van der Waals surface area contributed by atoms with E-state index in [-0.39, 0.29) is 11.6 Å². The first-order valence-electron chi connectivity index (χ1n) is 8.51. The summed E-state index contributed by atoms with van der Waals surface area (Å²) >= 11 is 8.62. The lowest BCUT2D eigenvalue weighted by atomic mass is 10.1. The molecule has 0 spiro atoms. The summed E-state index contributed by atoms with van der Waals surface area (Å²) in [6.07, 6.45) is 1.47. The summed E-state index contributed by atoms with van der Waals surface area (Å²) < 4.78 is 12.4. The molecular formula is C21H20ClIN2O3. The summed E-state index contributed by atoms with van der Waals surface area (Å²) in [7, 11) is 1.51. The molecule has 7 heteroatoms. The fourth-order valence-corrected chi connectivity index (χ4v) is 2.99. The van der Waals surface area contributed by atoms with Gasteiger partial charge in [-0.25, -0.2) is 0 Å². The Kier molecular flexibility index (Phi) is 8.15. The summed E-state index contributed by atoms with van der Waals surface area (Å²) in [6, 6.07) is 13.1. The van der Waals surface area contributed by atoms with Gasteiger partial charge in [0.25, 0.3) is 5.91 Å². The van der Waals surface area contributed by atoms with Crippen molar-refractivity contribution in [1.29, 1.82) is 5.26 Å². The number of nitrogens with zero attached hydrogens (tertiary/aromatic N) is 1. The lowest BCUT2D eigenvalue weighted by Gasteiger charge is -2.14. The average Bonchev–Trinajstić information content (AvgIpc) is 2.65. The number of ether oxygens (including phenoxy) is 2. The third-order valence-electron chi connectivity index (χ3n) is 3.64. The Labute approximate surface area is 183 Å². The SMILES string of the molecule is COc1cc(/C=C(/C#N)C(=O)NC(C)C)cc(Cl)c1OCc1ccc(I)cc1. The van der Waals surface area contributed by atoms with Gasteiger partial charge in [0.15, 0.2) is 11.5 Å². The highest BCUT2D eigenvalue weighted by Gasteiger charge is 2.14. The fourth-order valence-electron chi connectivity index (χ4n) is 2.35. The van der Waals surface area contributed by atoms with E-state index in [4.69, 9.17) is 21.1 Å². The number of carbonyl (C=O) groups is 1. The number of methoxy groups -OCH3 is 1. The minimum Gasteiger partial charge on any atom is -0.493 e. The van der Waals surface area contributed by atoms with Gasteiger partial charge in [-0.05, 0) is 77.9 Å². The number of carbonyl (C=O) groups excluding carboxylic acids is 1. The number of halogens is 2. The van der Waals surface area contributed by atoms with Crippen molar-refractivity contribution in [3.8, 4) is 17.6 Å². The van der Waals surface area contributed by atoms with Crippen molar-refractivity contribution in [2.75, 3.05) is 7.11 Å². The topological polar surface area (TPSA) is 71.3 Å². The van der Waals surface area contributed by atoms with Crippen LogP contribution in [0.15, 0.2) is 42.0 Å². The third kappa shape index (κ3) is 6.14. The van der Waals surface area contributed by atoms with Crippen LogP contribution in [-0.4, -0.2) is 19.1 Å². The molecule has 5 nitrogen and oxygen atoms in total. The first kappa shape index (κ1) is 22.1. The summed E-state index contributed by atoms with van der Waals surface area (Å²) in [6.45, 7) is 3.99. The second-order valence-electron chi connectivity index (χ2n) is 6.25. The number of nitrogens with one attached hydrogen (secondary N) is 1. The summed E-state index contributed by atoms with van der Waals surface area (Å²) in [5, 5.41) is 12.3. The standard InChI is InChI=1S/C21H20ClIN2O3/c1-13(2)25-21(26)16(11-24)8-15-9-18(22)20(19(10-15)27-3)28-12-14-4-6-17(23)7-5-14/h4-10,13H,12H2,1-3H3,(H,25,26)/b16-8-. The van der Waals surface area contributed by atoms with E-state index in [0.717, 1.165) is 9.13 Å². The number of hydrogen-bond donors (Lipinski definition) is 1. The molecule has 2 rings (SSSR count). The van der Waals surface area contributed by atoms with E-state index < -0.39 is 5.91 Å². The van der Waals surface area contributed by atoms with Gasteiger partial charge in [0, 0.05) is 9.61 Å². The lowest BCUT2D eigenvalue weighted by molar-refractivity contribution is -0.117. The zero-order chi connectivity index (χ0) is 20.7. The predicted molar refractivity (Wildman–Crippen MR) is 118 cm³/mol. The van der Waals surface area contributed by atoms with Crippen molar-refractivity contribution in [2.24, 2.45) is 0 Å². The van der Waals surface area contributed by atoms with Crippen LogP contribution in [0.2, 0.25) is 5.02 Å². The van der Waals surface area contributed by atoms with Gasteiger partial charge in [-0.3, -0.25) is 4.79 Å². The summed E-state index contributed by atoms with van der Waals surface area (Å²) in [5.41, 5.74) is 1.55. The monoisotopic (exact) mass is 510 g/mol. The van der Waals surface area contributed by atoms with Crippen molar-refractivity contribution in [1.82, 2.24) is 5.32 Å². The molecule has 146 valence electrons. The molecule has 1 N–H and O–H groups in total. The normalized spacial score (nSPS) is 11.1. The van der Waals surface area contributed by atoms with E-state index in [1.54, 1.807) is 12.1 Å². The van der Waals surface area contributed by atoms with Crippen molar-refractivity contribution < 1.29 is 14.3 Å². The first-order chi connectivity index (χ1) is 13.3. The second kappa shape index (κ2) is 10.3. The van der Waals surface area contributed by atoms with Crippen molar-refractivity contribution in [3.63, 3.8) is 0 Å². The van der Waals surface area contributed by atoms with Gasteiger partial charge in [0.1, 0.15) is 18.2 Å². The molecule has 0 aliphatic heterocycles. The van der Waals surface area contributed by atoms with Gasteiger partial charge in [-0.2, -0.15) is 5.26 Å². The van der Waals surface area contributed by atoms with Gasteiger partial charge in [0.2, 0.25) is 0 Å². The fraction of sp³-hybridized carbons (Fsp3) is 0.238. The lowest BCUT2D eigenvalue weighted by Crippen LogP contribution is -2.30. The zero-order valence-corrected chi connectivity index (χ0v) is 18.7. The Morgan fingerprint density at radius 1 is 1.32 bits per heavy atom. The molecule has 0 heterocycles. The minimum atomic E-state index is -0.438. The van der Waals surface area contributed by atoms with Crippen molar-refractivity contribution >= 4 is 46.2 Å². The molecule has 0 atom stereocenters. The van der Waals surface area contributed by atoms with Gasteiger partial charge in [0.05, 0.1) is 12.1 Å². The number of hydrogen-bond acceptors (Lipinski definition) is 4. The number of rotatable bonds is 7. The second-order valence-corrected chi connectivity index (χ2v) is 7.90. The molecule has 0 saturated carbocycles. The van der Waals surface area contributed by atoms with Gasteiger partial charge >= 0.3 is 0 Å². The summed E-state index contributed by atoms with van der Waals surface area (Å²) in [5.74, 6) is 0.391. The summed E-state index contributed by atoms with van der Waals surface area (Å²) in [4.78, 5) is 12.1. The smallest absolute Gasteiger partial charge is 0.262 e. The van der Waals surface area contributed by atoms with Gasteiger partial charge in [-0.1, -0.05) is 23.7 Å². The number of nitriles is 1. The van der Waals surface area contributed by atoms with Crippen molar-refractivity contribution in [3.05, 3.63) is 61.7 Å². The van der Waals surface area contributed by atoms with E-state index in [1.807, 2.05) is 44.2 Å². The highest BCUT2D eigenvalue weighted by Crippen LogP contribution is 2.37. The van der Waals surface area contributed by atoms with Crippen molar-refractivity contribution in [2.45, 2.75) is 26.5 Å². The molecular weight excluding hydrogens is 491 g/mol. The number of amides is 1. The van der Waals surface area contributed by atoms with Crippen LogP contribution in [0.3, 0.4) is 0 Å². The molecule has 0 fully saturated rings. The average molecular weight is 511 g/mol. The molecule has 0 aliphatic carbocycles. The Bertz CT molecular complexity index is 918. The molecule has 0 aromatic heterocycles.